The molecule has 0 saturated heterocycles. The Balaban J connectivity index is 1.83. The number of aromatic nitrogens is 3. The molecule has 7 nitrogen and oxygen atoms in total. The summed E-state index contributed by atoms with van der Waals surface area (Å²) in [7, 11) is 0. The monoisotopic (exact) mass is 375 g/mol. The summed E-state index contributed by atoms with van der Waals surface area (Å²) in [5, 5.41) is 14.3. The van der Waals surface area contributed by atoms with E-state index in [1.165, 1.54) is 22.9 Å². The zero-order valence-corrected chi connectivity index (χ0v) is 16.4. The van der Waals surface area contributed by atoms with Crippen molar-refractivity contribution in [3.63, 3.8) is 0 Å². The summed E-state index contributed by atoms with van der Waals surface area (Å²) in [4.78, 5) is 23.4. The van der Waals surface area contributed by atoms with E-state index in [9.17, 15) is 9.59 Å². The van der Waals surface area contributed by atoms with Crippen LogP contribution in [0.5, 0.6) is 0 Å². The Morgan fingerprint density at radius 2 is 1.88 bits per heavy atom. The van der Waals surface area contributed by atoms with Gasteiger partial charge in [0.1, 0.15) is 6.33 Å². The molecule has 2 N–H and O–H groups in total. The third-order valence-electron chi connectivity index (χ3n) is 3.89. The standard InChI is InChI=1S/C18H25N5O2S/c1-12(2)17(25)20-8-7-19-16(24)10-26-18-22-21-11-23(18)15-6-5-13(3)14(4)9-15/h5-6,9,11-12H,7-8,10H2,1-4H3,(H,19,24)(H,20,25). The largest absolute Gasteiger partial charge is 0.354 e. The number of nitrogens with zero attached hydrogens (tertiary/aromatic N) is 3. The molecule has 0 fully saturated rings. The summed E-state index contributed by atoms with van der Waals surface area (Å²) >= 11 is 1.33. The Labute approximate surface area is 158 Å². The molecular formula is C18H25N5O2S. The average Bonchev–Trinajstić information content (AvgIpc) is 3.07. The van der Waals surface area contributed by atoms with Crippen LogP contribution in [0.1, 0.15) is 25.0 Å². The van der Waals surface area contributed by atoms with Gasteiger partial charge in [-0.1, -0.05) is 31.7 Å². The fourth-order valence-corrected chi connectivity index (χ4v) is 2.91. The fraction of sp³-hybridized carbons (Fsp3) is 0.444. The smallest absolute Gasteiger partial charge is 0.230 e. The van der Waals surface area contributed by atoms with Crippen LogP contribution in [-0.4, -0.2) is 45.4 Å². The molecule has 2 aromatic rings. The molecule has 2 amide bonds. The highest BCUT2D eigenvalue weighted by Crippen LogP contribution is 2.21. The Hall–Kier alpha value is -2.35. The van der Waals surface area contributed by atoms with Crippen molar-refractivity contribution in [2.24, 2.45) is 5.92 Å². The molecule has 0 spiro atoms. The number of aryl methyl sites for hydroxylation is 2. The van der Waals surface area contributed by atoms with Crippen molar-refractivity contribution in [1.29, 1.82) is 0 Å². The molecule has 26 heavy (non-hydrogen) atoms. The van der Waals surface area contributed by atoms with E-state index in [0.717, 1.165) is 5.69 Å². The van der Waals surface area contributed by atoms with E-state index in [0.29, 0.717) is 18.2 Å². The van der Waals surface area contributed by atoms with Crippen LogP contribution >= 0.6 is 11.8 Å². The van der Waals surface area contributed by atoms with Gasteiger partial charge in [-0.3, -0.25) is 14.2 Å². The molecule has 0 unspecified atom stereocenters. The maximum atomic E-state index is 12.0. The minimum atomic E-state index is -0.108. The first-order valence-electron chi connectivity index (χ1n) is 8.53. The molecule has 0 bridgehead atoms. The predicted molar refractivity (Wildman–Crippen MR) is 102 cm³/mol. The second kappa shape index (κ2) is 9.38. The van der Waals surface area contributed by atoms with Gasteiger partial charge in [0.15, 0.2) is 5.16 Å². The summed E-state index contributed by atoms with van der Waals surface area (Å²) in [5.41, 5.74) is 3.38. The Kier molecular flexibility index (Phi) is 7.20. The van der Waals surface area contributed by atoms with Crippen LogP contribution in [0.3, 0.4) is 0 Å². The van der Waals surface area contributed by atoms with Crippen molar-refractivity contribution < 1.29 is 9.59 Å². The average molecular weight is 375 g/mol. The maximum absolute atomic E-state index is 12.0. The number of amides is 2. The molecule has 1 aromatic heterocycles. The number of hydrogen-bond acceptors (Lipinski definition) is 5. The summed E-state index contributed by atoms with van der Waals surface area (Å²) < 4.78 is 1.87. The molecule has 1 heterocycles. The number of thioether (sulfide) groups is 1. The van der Waals surface area contributed by atoms with Gasteiger partial charge in [-0.15, -0.1) is 10.2 Å². The summed E-state index contributed by atoms with van der Waals surface area (Å²) in [5.74, 6) is 0.0540. The van der Waals surface area contributed by atoms with E-state index in [-0.39, 0.29) is 23.5 Å². The van der Waals surface area contributed by atoms with Crippen molar-refractivity contribution in [1.82, 2.24) is 25.4 Å². The van der Waals surface area contributed by atoms with E-state index in [1.807, 2.05) is 24.5 Å². The maximum Gasteiger partial charge on any atom is 0.230 e. The highest BCUT2D eigenvalue weighted by molar-refractivity contribution is 7.99. The molecule has 0 aliphatic rings. The van der Waals surface area contributed by atoms with Gasteiger partial charge in [-0.2, -0.15) is 0 Å². The molecule has 140 valence electrons. The molecule has 0 aliphatic heterocycles. The van der Waals surface area contributed by atoms with Gasteiger partial charge in [0.2, 0.25) is 11.8 Å². The van der Waals surface area contributed by atoms with Crippen LogP contribution in [0.15, 0.2) is 29.7 Å². The van der Waals surface area contributed by atoms with Crippen molar-refractivity contribution in [3.8, 4) is 5.69 Å². The van der Waals surface area contributed by atoms with Crippen LogP contribution in [0.4, 0.5) is 0 Å². The zero-order valence-electron chi connectivity index (χ0n) is 15.6. The van der Waals surface area contributed by atoms with Gasteiger partial charge in [-0.05, 0) is 37.1 Å². The highest BCUT2D eigenvalue weighted by atomic mass is 32.2. The number of nitrogens with one attached hydrogen (secondary N) is 2. The third-order valence-corrected chi connectivity index (χ3v) is 4.83. The first-order chi connectivity index (χ1) is 12.4. The highest BCUT2D eigenvalue weighted by Gasteiger charge is 2.11. The van der Waals surface area contributed by atoms with Crippen molar-refractivity contribution in [3.05, 3.63) is 35.7 Å². The van der Waals surface area contributed by atoms with E-state index in [4.69, 9.17) is 0 Å². The Morgan fingerprint density at radius 3 is 2.58 bits per heavy atom. The van der Waals surface area contributed by atoms with E-state index in [2.05, 4.69) is 46.8 Å². The normalized spacial score (nSPS) is 10.8. The van der Waals surface area contributed by atoms with Crippen molar-refractivity contribution in [2.75, 3.05) is 18.8 Å². The molecule has 0 radical (unpaired) electrons. The number of carbonyl (C=O) groups is 2. The molecule has 0 saturated carbocycles. The molecule has 1 aromatic carbocycles. The SMILES string of the molecule is Cc1ccc(-n2cnnc2SCC(=O)NCCNC(=O)C(C)C)cc1C. The summed E-state index contributed by atoms with van der Waals surface area (Å²) in [6.07, 6.45) is 1.64. The third kappa shape index (κ3) is 5.59. The minimum absolute atomic E-state index is 0.0184. The van der Waals surface area contributed by atoms with Gasteiger partial charge in [0.25, 0.3) is 0 Å². The topological polar surface area (TPSA) is 88.9 Å². The van der Waals surface area contributed by atoms with Gasteiger partial charge < -0.3 is 10.6 Å². The Bertz CT molecular complexity index is 773. The molecule has 2 rings (SSSR count). The first kappa shape index (κ1) is 20.0. The lowest BCUT2D eigenvalue weighted by Gasteiger charge is -2.10. The van der Waals surface area contributed by atoms with E-state index < -0.39 is 0 Å². The zero-order chi connectivity index (χ0) is 19.1. The Morgan fingerprint density at radius 1 is 1.15 bits per heavy atom. The predicted octanol–water partition coefficient (Wildman–Crippen LogP) is 1.86. The fourth-order valence-electron chi connectivity index (χ4n) is 2.15. The van der Waals surface area contributed by atoms with Gasteiger partial charge in [0, 0.05) is 24.7 Å². The lowest BCUT2D eigenvalue weighted by atomic mass is 10.1. The van der Waals surface area contributed by atoms with Crippen LogP contribution < -0.4 is 10.6 Å². The van der Waals surface area contributed by atoms with E-state index in [1.54, 1.807) is 6.33 Å². The number of hydrogen-bond donors (Lipinski definition) is 2. The summed E-state index contributed by atoms with van der Waals surface area (Å²) in [6.45, 7) is 8.61. The van der Waals surface area contributed by atoms with Crippen LogP contribution in [0.25, 0.3) is 5.69 Å². The number of carbonyl (C=O) groups excluding carboxylic acids is 2. The second-order valence-electron chi connectivity index (χ2n) is 6.34. The van der Waals surface area contributed by atoms with Crippen LogP contribution in [0, 0.1) is 19.8 Å². The lowest BCUT2D eigenvalue weighted by molar-refractivity contribution is -0.124. The van der Waals surface area contributed by atoms with Gasteiger partial charge >= 0.3 is 0 Å². The van der Waals surface area contributed by atoms with Crippen molar-refractivity contribution in [2.45, 2.75) is 32.9 Å². The second-order valence-corrected chi connectivity index (χ2v) is 7.28. The molecule has 8 heteroatoms. The minimum Gasteiger partial charge on any atom is -0.354 e. The van der Waals surface area contributed by atoms with E-state index >= 15 is 0 Å². The summed E-state index contributed by atoms with van der Waals surface area (Å²) in [6, 6.07) is 6.13. The first-order valence-corrected chi connectivity index (χ1v) is 9.52. The number of rotatable bonds is 8. The molecular weight excluding hydrogens is 350 g/mol. The molecule has 0 atom stereocenters. The van der Waals surface area contributed by atoms with Gasteiger partial charge in [-0.25, -0.2) is 0 Å². The lowest BCUT2D eigenvalue weighted by Crippen LogP contribution is -2.37. The van der Waals surface area contributed by atoms with Crippen LogP contribution in [-0.2, 0) is 9.59 Å². The van der Waals surface area contributed by atoms with Crippen molar-refractivity contribution >= 4 is 23.6 Å². The van der Waals surface area contributed by atoms with Gasteiger partial charge in [0.05, 0.1) is 5.75 Å². The quantitative estimate of drug-likeness (QED) is 0.543. The number of benzene rings is 1. The molecule has 0 aliphatic carbocycles. The van der Waals surface area contributed by atoms with Crippen LogP contribution in [0.2, 0.25) is 0 Å².